The lowest BCUT2D eigenvalue weighted by Crippen LogP contribution is -2.05. The molecule has 4 nitrogen and oxygen atoms in total. The van der Waals surface area contributed by atoms with Crippen LogP contribution in [0.4, 0.5) is 0 Å². The van der Waals surface area contributed by atoms with E-state index in [1.165, 1.54) is 0 Å². The summed E-state index contributed by atoms with van der Waals surface area (Å²) in [6, 6.07) is 50.0. The number of hydrogen-bond acceptors (Lipinski definition) is 2. The normalized spacial score (nSPS) is 11.3. The van der Waals surface area contributed by atoms with Crippen LogP contribution < -0.4 is 0 Å². The maximum absolute atomic E-state index is 10.5. The van der Waals surface area contributed by atoms with Gasteiger partial charge in [0.1, 0.15) is 6.07 Å². The van der Waals surface area contributed by atoms with E-state index in [0.717, 1.165) is 60.4 Å². The molecule has 2 aromatic heterocycles. The Balaban J connectivity index is 1.56. The van der Waals surface area contributed by atoms with E-state index < -0.39 is 0 Å². The van der Waals surface area contributed by atoms with Crippen molar-refractivity contribution in [2.75, 3.05) is 0 Å². The number of benzene rings is 6. The van der Waals surface area contributed by atoms with Gasteiger partial charge < -0.3 is 9.13 Å². The van der Waals surface area contributed by atoms with Crippen molar-refractivity contribution in [3.63, 3.8) is 0 Å². The molecule has 0 saturated heterocycles. The maximum atomic E-state index is 10.5. The lowest BCUT2D eigenvalue weighted by molar-refractivity contribution is 1.15. The van der Waals surface area contributed by atoms with E-state index in [2.05, 4.69) is 106 Å². The summed E-state index contributed by atoms with van der Waals surface area (Å²) >= 11 is 0. The van der Waals surface area contributed by atoms with Crippen LogP contribution >= 0.6 is 0 Å². The molecule has 0 spiro atoms. The van der Waals surface area contributed by atoms with Crippen LogP contribution in [0.15, 0.2) is 133 Å². The Kier molecular flexibility index (Phi) is 5.22. The van der Waals surface area contributed by atoms with E-state index in [4.69, 9.17) is 0 Å². The summed E-state index contributed by atoms with van der Waals surface area (Å²) in [6.45, 7) is 0. The van der Waals surface area contributed by atoms with Gasteiger partial charge in [0.2, 0.25) is 0 Å². The molecule has 42 heavy (non-hydrogen) atoms. The number of aromatic nitrogens is 2. The molecule has 0 aliphatic carbocycles. The minimum Gasteiger partial charge on any atom is -0.309 e. The highest BCUT2D eigenvalue weighted by Crippen LogP contribution is 2.43. The molecule has 8 aromatic rings. The Hall–Kier alpha value is -6.10. The van der Waals surface area contributed by atoms with Crippen molar-refractivity contribution >= 4 is 43.6 Å². The highest BCUT2D eigenvalue weighted by Gasteiger charge is 2.24. The molecule has 194 valence electrons. The maximum Gasteiger partial charge on any atom is 0.101 e. The van der Waals surface area contributed by atoms with Gasteiger partial charge in [0.25, 0.3) is 0 Å². The van der Waals surface area contributed by atoms with Crippen molar-refractivity contribution in [2.45, 2.75) is 0 Å². The molecule has 4 heteroatoms. The van der Waals surface area contributed by atoms with Crippen LogP contribution in [0.3, 0.4) is 0 Å². The second-order valence-corrected chi connectivity index (χ2v) is 10.4. The van der Waals surface area contributed by atoms with Gasteiger partial charge in [0.05, 0.1) is 50.6 Å². The zero-order chi connectivity index (χ0) is 28.2. The summed E-state index contributed by atoms with van der Waals surface area (Å²) in [5, 5.41) is 25.5. The number of nitrogens with zero attached hydrogens (tertiary/aromatic N) is 4. The molecule has 0 fully saturated rings. The van der Waals surface area contributed by atoms with Crippen LogP contribution in [0, 0.1) is 22.7 Å². The van der Waals surface area contributed by atoms with Gasteiger partial charge in [-0.3, -0.25) is 0 Å². The summed E-state index contributed by atoms with van der Waals surface area (Å²) in [5.74, 6) is 0. The van der Waals surface area contributed by atoms with Crippen LogP contribution in [-0.4, -0.2) is 9.13 Å². The molecule has 0 saturated carbocycles. The van der Waals surface area contributed by atoms with Gasteiger partial charge in [-0.25, -0.2) is 0 Å². The van der Waals surface area contributed by atoms with Crippen LogP contribution in [-0.2, 0) is 0 Å². The molecule has 0 N–H and O–H groups in total. The molecule has 2 heterocycles. The van der Waals surface area contributed by atoms with Gasteiger partial charge in [0, 0.05) is 32.7 Å². The van der Waals surface area contributed by atoms with Crippen molar-refractivity contribution < 1.29 is 0 Å². The summed E-state index contributed by atoms with van der Waals surface area (Å²) in [4.78, 5) is 0. The Morgan fingerprint density at radius 1 is 0.405 bits per heavy atom. The fourth-order valence-corrected chi connectivity index (χ4v) is 6.50. The van der Waals surface area contributed by atoms with Crippen LogP contribution in [0.2, 0.25) is 0 Å². The van der Waals surface area contributed by atoms with Crippen molar-refractivity contribution in [2.24, 2.45) is 0 Å². The third kappa shape index (κ3) is 3.27. The zero-order valence-electron chi connectivity index (χ0n) is 22.5. The lowest BCUT2D eigenvalue weighted by atomic mass is 9.93. The molecule has 0 atom stereocenters. The first kappa shape index (κ1) is 23.8. The van der Waals surface area contributed by atoms with Crippen LogP contribution in [0.25, 0.3) is 66.1 Å². The molecule has 0 radical (unpaired) electrons. The van der Waals surface area contributed by atoms with Gasteiger partial charge in [-0.05, 0) is 42.5 Å². The molecule has 0 amide bonds. The van der Waals surface area contributed by atoms with Gasteiger partial charge in [-0.15, -0.1) is 0 Å². The Labute approximate surface area is 242 Å². The van der Waals surface area contributed by atoms with E-state index >= 15 is 0 Å². The van der Waals surface area contributed by atoms with Crippen LogP contribution in [0.1, 0.15) is 11.1 Å². The third-order valence-corrected chi connectivity index (χ3v) is 8.22. The number of rotatable bonds is 3. The number of para-hydroxylation sites is 5. The third-order valence-electron chi connectivity index (χ3n) is 8.22. The molecular formula is C38H22N4. The monoisotopic (exact) mass is 534 g/mol. The molecule has 6 aromatic carbocycles. The predicted molar refractivity (Wildman–Crippen MR) is 170 cm³/mol. The van der Waals surface area contributed by atoms with Gasteiger partial charge >= 0.3 is 0 Å². The SMILES string of the molecule is N#Cc1ccc(C#N)c(-n2c3ccccc3c3ccccc32)c1-c1ccccc1-n1c2ccccc2c2ccccc21. The summed E-state index contributed by atoms with van der Waals surface area (Å²) < 4.78 is 4.43. The summed E-state index contributed by atoms with van der Waals surface area (Å²) in [6.07, 6.45) is 0. The Morgan fingerprint density at radius 3 is 1.31 bits per heavy atom. The fraction of sp³-hybridized carbons (Fsp3) is 0. The molecule has 0 aliphatic heterocycles. The second kappa shape index (κ2) is 9.24. The summed E-state index contributed by atoms with van der Waals surface area (Å²) in [5.41, 5.74) is 8.44. The van der Waals surface area contributed by atoms with Crippen LogP contribution in [0.5, 0.6) is 0 Å². The van der Waals surface area contributed by atoms with Gasteiger partial charge in [-0.1, -0.05) is 91.0 Å². The molecular weight excluding hydrogens is 512 g/mol. The first-order chi connectivity index (χ1) is 20.8. The van der Waals surface area contributed by atoms with Crippen molar-refractivity contribution in [1.29, 1.82) is 10.5 Å². The summed E-state index contributed by atoms with van der Waals surface area (Å²) in [7, 11) is 0. The minimum absolute atomic E-state index is 0.507. The first-order valence-electron chi connectivity index (χ1n) is 13.8. The number of nitriles is 2. The smallest absolute Gasteiger partial charge is 0.101 e. The highest BCUT2D eigenvalue weighted by atomic mass is 15.0. The molecule has 0 aliphatic rings. The number of fused-ring (bicyclic) bond motifs is 6. The topological polar surface area (TPSA) is 57.4 Å². The Bertz CT molecular complexity index is 2340. The molecule has 0 bridgehead atoms. The number of hydrogen-bond donors (Lipinski definition) is 0. The van der Waals surface area contributed by atoms with E-state index in [1.54, 1.807) is 12.1 Å². The molecule has 0 unspecified atom stereocenters. The lowest BCUT2D eigenvalue weighted by Gasteiger charge is -2.20. The zero-order valence-corrected chi connectivity index (χ0v) is 22.5. The fourth-order valence-electron chi connectivity index (χ4n) is 6.50. The van der Waals surface area contributed by atoms with E-state index in [0.29, 0.717) is 16.8 Å². The standard InChI is InChI=1S/C38H22N4/c39-23-25-21-22-26(24-40)38(42-34-18-8-3-13-29(34)30-14-4-9-19-35(30)42)37(25)31-15-5-10-20-36(31)41-32-16-6-1-11-27(32)28-12-2-7-17-33(28)41/h1-22H. The molecule has 8 rings (SSSR count). The largest absolute Gasteiger partial charge is 0.309 e. The van der Waals surface area contributed by atoms with Gasteiger partial charge in [0.15, 0.2) is 0 Å². The second-order valence-electron chi connectivity index (χ2n) is 10.4. The van der Waals surface area contributed by atoms with Crippen molar-refractivity contribution in [1.82, 2.24) is 9.13 Å². The van der Waals surface area contributed by atoms with Crippen molar-refractivity contribution in [3.8, 4) is 34.6 Å². The first-order valence-corrected chi connectivity index (χ1v) is 13.8. The van der Waals surface area contributed by atoms with E-state index in [9.17, 15) is 10.5 Å². The average Bonchev–Trinajstić information content (AvgIpc) is 3.57. The van der Waals surface area contributed by atoms with Crippen molar-refractivity contribution in [3.05, 3.63) is 145 Å². The quantitative estimate of drug-likeness (QED) is 0.227. The van der Waals surface area contributed by atoms with Gasteiger partial charge in [-0.2, -0.15) is 10.5 Å². The van der Waals surface area contributed by atoms with E-state index in [1.807, 2.05) is 36.4 Å². The predicted octanol–water partition coefficient (Wildman–Crippen LogP) is 9.29. The Morgan fingerprint density at radius 2 is 0.810 bits per heavy atom. The van der Waals surface area contributed by atoms with E-state index in [-0.39, 0.29) is 0 Å². The minimum atomic E-state index is 0.507. The highest BCUT2D eigenvalue weighted by molar-refractivity contribution is 6.11. The average molecular weight is 535 g/mol.